The maximum Gasteiger partial charge on any atom is 0.156 e. The summed E-state index contributed by atoms with van der Waals surface area (Å²) >= 11 is 5.00. The molecule has 0 aliphatic rings. The van der Waals surface area contributed by atoms with E-state index < -0.39 is 0 Å². The molecule has 0 saturated heterocycles. The average molecular weight is 294 g/mol. The molecule has 1 aromatic carbocycles. The molecule has 0 aliphatic heterocycles. The first-order chi connectivity index (χ1) is 7.15. The molecule has 2 nitrogen and oxygen atoms in total. The molecule has 0 fully saturated rings. The highest BCUT2D eigenvalue weighted by atomic mass is 79.9. The summed E-state index contributed by atoms with van der Waals surface area (Å²) in [4.78, 5) is 0. The van der Waals surface area contributed by atoms with E-state index in [1.807, 2.05) is 0 Å². The monoisotopic (exact) mass is 293 g/mol. The van der Waals surface area contributed by atoms with Crippen LogP contribution >= 0.6 is 27.7 Å². The summed E-state index contributed by atoms with van der Waals surface area (Å²) < 4.78 is 18.9. The Hall–Kier alpha value is -0.420. The Balaban J connectivity index is 2.60. The maximum absolute atomic E-state index is 12.9. The van der Waals surface area contributed by atoms with Gasteiger partial charge in [-0.15, -0.1) is 0 Å². The first kappa shape index (κ1) is 12.6. The summed E-state index contributed by atoms with van der Waals surface area (Å²) in [5.74, 6) is 2.12. The standard InChI is InChI=1S/C10H13BrFNOS/c1-2-15-4-3-14-10-8(11)5-7(12)6-9(10)13/h5-6H,2-4,13H2,1H3. The van der Waals surface area contributed by atoms with Crippen LogP contribution in [0.3, 0.4) is 0 Å². The van der Waals surface area contributed by atoms with Crippen molar-refractivity contribution in [2.75, 3.05) is 23.8 Å². The molecule has 0 radical (unpaired) electrons. The number of rotatable bonds is 5. The number of hydrogen-bond donors (Lipinski definition) is 1. The van der Waals surface area contributed by atoms with Crippen LogP contribution in [0.15, 0.2) is 16.6 Å². The van der Waals surface area contributed by atoms with Crippen LogP contribution in [-0.2, 0) is 0 Å². The predicted molar refractivity (Wildman–Crippen MR) is 67.0 cm³/mol. The maximum atomic E-state index is 12.9. The Morgan fingerprint density at radius 3 is 2.87 bits per heavy atom. The molecule has 15 heavy (non-hydrogen) atoms. The van der Waals surface area contributed by atoms with E-state index in [1.54, 1.807) is 11.8 Å². The van der Waals surface area contributed by atoms with Crippen LogP contribution in [0.25, 0.3) is 0 Å². The third-order valence-corrected chi connectivity index (χ3v) is 3.17. The number of thioether (sulfide) groups is 1. The van der Waals surface area contributed by atoms with Gasteiger partial charge >= 0.3 is 0 Å². The first-order valence-corrected chi connectivity index (χ1v) is 6.55. The van der Waals surface area contributed by atoms with Crippen molar-refractivity contribution in [1.82, 2.24) is 0 Å². The van der Waals surface area contributed by atoms with Crippen molar-refractivity contribution in [2.24, 2.45) is 0 Å². The van der Waals surface area contributed by atoms with Gasteiger partial charge in [-0.25, -0.2) is 4.39 Å². The number of anilines is 1. The SMILES string of the molecule is CCSCCOc1c(N)cc(F)cc1Br. The van der Waals surface area contributed by atoms with Crippen LogP contribution in [0.5, 0.6) is 5.75 Å². The quantitative estimate of drug-likeness (QED) is 0.668. The van der Waals surface area contributed by atoms with Gasteiger partial charge in [-0.2, -0.15) is 11.8 Å². The minimum absolute atomic E-state index is 0.323. The topological polar surface area (TPSA) is 35.2 Å². The van der Waals surface area contributed by atoms with E-state index in [0.29, 0.717) is 22.5 Å². The molecule has 2 N–H and O–H groups in total. The smallest absolute Gasteiger partial charge is 0.156 e. The fraction of sp³-hybridized carbons (Fsp3) is 0.400. The minimum Gasteiger partial charge on any atom is -0.489 e. The van der Waals surface area contributed by atoms with Crippen molar-refractivity contribution in [3.8, 4) is 5.75 Å². The van der Waals surface area contributed by atoms with Gasteiger partial charge in [0.05, 0.1) is 16.8 Å². The summed E-state index contributed by atoms with van der Waals surface area (Å²) in [7, 11) is 0. The molecule has 5 heteroatoms. The van der Waals surface area contributed by atoms with Crippen LogP contribution in [0.2, 0.25) is 0 Å². The van der Waals surface area contributed by atoms with Crippen molar-refractivity contribution < 1.29 is 9.13 Å². The van der Waals surface area contributed by atoms with Crippen molar-refractivity contribution in [3.05, 3.63) is 22.4 Å². The molecule has 0 atom stereocenters. The number of hydrogen-bond acceptors (Lipinski definition) is 3. The highest BCUT2D eigenvalue weighted by Crippen LogP contribution is 2.32. The normalized spacial score (nSPS) is 10.3. The first-order valence-electron chi connectivity index (χ1n) is 4.60. The highest BCUT2D eigenvalue weighted by Gasteiger charge is 2.08. The van der Waals surface area contributed by atoms with E-state index in [-0.39, 0.29) is 5.82 Å². The number of benzene rings is 1. The lowest BCUT2D eigenvalue weighted by Crippen LogP contribution is -2.03. The number of nitrogens with two attached hydrogens (primary N) is 1. The molecule has 0 unspecified atom stereocenters. The molecule has 0 bridgehead atoms. The van der Waals surface area contributed by atoms with E-state index >= 15 is 0 Å². The number of halogens is 2. The summed E-state index contributed by atoms with van der Waals surface area (Å²) in [6, 6.07) is 2.60. The molecule has 0 spiro atoms. The van der Waals surface area contributed by atoms with Gasteiger partial charge < -0.3 is 10.5 Å². The second-order valence-corrected chi connectivity index (χ2v) is 5.10. The molecule has 0 heterocycles. The second-order valence-electron chi connectivity index (χ2n) is 2.85. The number of ether oxygens (including phenoxy) is 1. The summed E-state index contributed by atoms with van der Waals surface area (Å²) in [6.07, 6.45) is 0. The Kier molecular flexibility index (Phi) is 5.25. The van der Waals surface area contributed by atoms with Crippen LogP contribution in [0.1, 0.15) is 6.92 Å². The van der Waals surface area contributed by atoms with Gasteiger partial charge in [0, 0.05) is 11.8 Å². The molecule has 0 aliphatic carbocycles. The van der Waals surface area contributed by atoms with Gasteiger partial charge in [0.1, 0.15) is 5.82 Å². The van der Waals surface area contributed by atoms with E-state index in [9.17, 15) is 4.39 Å². The Labute approximate surface area is 102 Å². The largest absolute Gasteiger partial charge is 0.489 e. The van der Waals surface area contributed by atoms with Gasteiger partial charge in [-0.1, -0.05) is 6.92 Å². The molecule has 0 saturated carbocycles. The van der Waals surface area contributed by atoms with Crippen LogP contribution in [0, 0.1) is 5.82 Å². The second kappa shape index (κ2) is 6.23. The van der Waals surface area contributed by atoms with Crippen LogP contribution in [0.4, 0.5) is 10.1 Å². The Bertz CT molecular complexity index is 312. The zero-order valence-corrected chi connectivity index (χ0v) is 10.8. The lowest BCUT2D eigenvalue weighted by molar-refractivity contribution is 0.343. The molecular formula is C10H13BrFNOS. The van der Waals surface area contributed by atoms with Crippen molar-refractivity contribution >= 4 is 33.4 Å². The van der Waals surface area contributed by atoms with E-state index in [1.165, 1.54) is 12.1 Å². The van der Waals surface area contributed by atoms with Gasteiger partial charge in [-0.05, 0) is 27.7 Å². The summed E-state index contributed by atoms with van der Waals surface area (Å²) in [6.45, 7) is 2.67. The van der Waals surface area contributed by atoms with Gasteiger partial charge in [0.15, 0.2) is 5.75 Å². The lowest BCUT2D eigenvalue weighted by atomic mass is 10.3. The van der Waals surface area contributed by atoms with E-state index in [4.69, 9.17) is 10.5 Å². The average Bonchev–Trinajstić information content (AvgIpc) is 2.15. The Morgan fingerprint density at radius 1 is 1.53 bits per heavy atom. The fourth-order valence-corrected chi connectivity index (χ4v) is 2.13. The van der Waals surface area contributed by atoms with Crippen molar-refractivity contribution in [1.29, 1.82) is 0 Å². The molecule has 1 aromatic rings. The zero-order chi connectivity index (χ0) is 11.3. The third-order valence-electron chi connectivity index (χ3n) is 1.72. The summed E-state index contributed by atoms with van der Waals surface area (Å²) in [5, 5.41) is 0. The molecular weight excluding hydrogens is 281 g/mol. The van der Waals surface area contributed by atoms with E-state index in [0.717, 1.165) is 11.5 Å². The van der Waals surface area contributed by atoms with E-state index in [2.05, 4.69) is 22.9 Å². The minimum atomic E-state index is -0.366. The predicted octanol–water partition coefficient (Wildman–Crippen LogP) is 3.30. The number of nitrogen functional groups attached to an aromatic ring is 1. The van der Waals surface area contributed by atoms with Gasteiger partial charge in [-0.3, -0.25) is 0 Å². The summed E-state index contributed by atoms with van der Waals surface area (Å²) in [5.41, 5.74) is 5.96. The van der Waals surface area contributed by atoms with Gasteiger partial charge in [0.2, 0.25) is 0 Å². The highest BCUT2D eigenvalue weighted by molar-refractivity contribution is 9.10. The van der Waals surface area contributed by atoms with Gasteiger partial charge in [0.25, 0.3) is 0 Å². The zero-order valence-electron chi connectivity index (χ0n) is 8.43. The van der Waals surface area contributed by atoms with Crippen LogP contribution < -0.4 is 10.5 Å². The molecule has 0 amide bonds. The van der Waals surface area contributed by atoms with Crippen molar-refractivity contribution in [3.63, 3.8) is 0 Å². The Morgan fingerprint density at radius 2 is 2.27 bits per heavy atom. The third kappa shape index (κ3) is 3.91. The molecule has 84 valence electrons. The molecule has 0 aromatic heterocycles. The van der Waals surface area contributed by atoms with Crippen LogP contribution in [-0.4, -0.2) is 18.1 Å². The molecule has 1 rings (SSSR count). The fourth-order valence-electron chi connectivity index (χ4n) is 1.08. The lowest BCUT2D eigenvalue weighted by Gasteiger charge is -2.10. The van der Waals surface area contributed by atoms with Crippen molar-refractivity contribution in [2.45, 2.75) is 6.92 Å².